The summed E-state index contributed by atoms with van der Waals surface area (Å²) in [5.41, 5.74) is -0.989. The molecule has 3 atom stereocenters. The fourth-order valence-corrected chi connectivity index (χ4v) is 3.42. The number of hydrogen-bond donors (Lipinski definition) is 1. The van der Waals surface area contributed by atoms with Crippen molar-refractivity contribution in [1.82, 2.24) is 15.1 Å². The van der Waals surface area contributed by atoms with Crippen molar-refractivity contribution in [2.45, 2.75) is 43.9 Å². The summed E-state index contributed by atoms with van der Waals surface area (Å²) >= 11 is 0. The lowest BCUT2D eigenvalue weighted by molar-refractivity contribution is -0.155. The molecule has 2 amide bonds. The number of aliphatic imine (C=N–C) groups is 1. The number of allylic oxidation sites excluding steroid dienone is 2. The minimum atomic E-state index is -1.02. The Morgan fingerprint density at radius 3 is 2.48 bits per heavy atom. The maximum Gasteiger partial charge on any atom is 0.312 e. The van der Waals surface area contributed by atoms with Gasteiger partial charge < -0.3 is 19.9 Å². The SMILES string of the molecule is CCC1N=C(N/C(C=O)=C\C=O)C2(N(C)C(=O)C(=O)N(C)C)CCC1OC2. The number of fused-ring (bicyclic) bond motifs is 3. The van der Waals surface area contributed by atoms with Crippen molar-refractivity contribution in [2.24, 2.45) is 4.99 Å². The first-order valence-corrected chi connectivity index (χ1v) is 8.87. The van der Waals surface area contributed by atoms with E-state index in [1.807, 2.05) is 6.92 Å². The molecule has 0 aromatic carbocycles. The number of rotatable bonds is 5. The van der Waals surface area contributed by atoms with Gasteiger partial charge in [0.15, 0.2) is 6.29 Å². The molecule has 0 radical (unpaired) electrons. The molecule has 9 heteroatoms. The number of nitrogens with one attached hydrogen (secondary N) is 1. The van der Waals surface area contributed by atoms with Crippen molar-refractivity contribution in [3.05, 3.63) is 11.8 Å². The molecule has 3 rings (SSSR count). The molecule has 3 unspecified atom stereocenters. The van der Waals surface area contributed by atoms with Crippen LogP contribution in [0.4, 0.5) is 0 Å². The average Bonchev–Trinajstić information content (AvgIpc) is 2.92. The number of amidine groups is 1. The molecule has 148 valence electrons. The van der Waals surface area contributed by atoms with Crippen molar-refractivity contribution >= 4 is 30.2 Å². The Hall–Kier alpha value is -2.55. The fourth-order valence-electron chi connectivity index (χ4n) is 3.42. The van der Waals surface area contributed by atoms with Crippen LogP contribution in [0.2, 0.25) is 0 Å². The van der Waals surface area contributed by atoms with Gasteiger partial charge in [-0.05, 0) is 19.3 Å². The Balaban J connectivity index is 2.49. The van der Waals surface area contributed by atoms with Crippen LogP contribution in [0.15, 0.2) is 16.8 Å². The van der Waals surface area contributed by atoms with Crippen LogP contribution in [0.1, 0.15) is 26.2 Å². The van der Waals surface area contributed by atoms with E-state index in [-0.39, 0.29) is 24.4 Å². The van der Waals surface area contributed by atoms with E-state index in [0.717, 1.165) is 6.08 Å². The molecule has 3 aliphatic heterocycles. The van der Waals surface area contributed by atoms with E-state index in [0.29, 0.717) is 37.7 Å². The number of hydrogen-bond acceptors (Lipinski definition) is 7. The number of amides is 2. The third-order valence-corrected chi connectivity index (χ3v) is 5.13. The zero-order valence-corrected chi connectivity index (χ0v) is 16.1. The smallest absolute Gasteiger partial charge is 0.312 e. The van der Waals surface area contributed by atoms with Crippen LogP contribution in [0, 0.1) is 0 Å². The Morgan fingerprint density at radius 2 is 2.00 bits per heavy atom. The lowest BCUT2D eigenvalue weighted by Gasteiger charge is -2.44. The summed E-state index contributed by atoms with van der Waals surface area (Å²) in [5, 5.41) is 2.90. The van der Waals surface area contributed by atoms with Crippen molar-refractivity contribution in [3.63, 3.8) is 0 Å². The summed E-state index contributed by atoms with van der Waals surface area (Å²) in [5.74, 6) is -1.00. The number of likely N-dealkylation sites (N-methyl/N-ethyl adjacent to an activating group) is 2. The molecule has 1 fully saturated rings. The van der Waals surface area contributed by atoms with Gasteiger partial charge in [-0.25, -0.2) is 0 Å². The standard InChI is InChI=1S/C18H26N4O5/c1-5-13-14-6-8-18(11-27-14,22(4)16(26)15(25)21(2)3)17(20-13)19-12(10-24)7-9-23/h7,9-10,13-14H,5-6,8,11H2,1-4H3,(H,19,20)/b12-7-. The highest BCUT2D eigenvalue weighted by atomic mass is 16.5. The lowest BCUT2D eigenvalue weighted by atomic mass is 9.86. The second-order valence-electron chi connectivity index (χ2n) is 6.94. The van der Waals surface area contributed by atoms with Gasteiger partial charge in [-0.3, -0.25) is 24.2 Å². The van der Waals surface area contributed by atoms with Crippen molar-refractivity contribution in [1.29, 1.82) is 0 Å². The Bertz CT molecular complexity index is 677. The highest BCUT2D eigenvalue weighted by Crippen LogP contribution is 2.36. The Labute approximate surface area is 158 Å². The number of carbonyl (C=O) groups is 4. The first kappa shape index (κ1) is 20.8. The van der Waals surface area contributed by atoms with Crippen molar-refractivity contribution < 1.29 is 23.9 Å². The molecular formula is C18H26N4O5. The van der Waals surface area contributed by atoms with Crippen molar-refractivity contribution in [2.75, 3.05) is 27.7 Å². The molecule has 3 heterocycles. The third kappa shape index (κ3) is 3.92. The monoisotopic (exact) mass is 378 g/mol. The van der Waals surface area contributed by atoms with Gasteiger partial charge in [0.1, 0.15) is 17.7 Å². The lowest BCUT2D eigenvalue weighted by Crippen LogP contribution is -2.64. The number of aldehydes is 2. The maximum atomic E-state index is 12.7. The number of nitrogens with zero attached hydrogens (tertiary/aromatic N) is 3. The largest absolute Gasteiger partial charge is 0.373 e. The predicted molar refractivity (Wildman–Crippen MR) is 98.0 cm³/mol. The minimum absolute atomic E-state index is 0.0307. The highest BCUT2D eigenvalue weighted by Gasteiger charge is 2.51. The Morgan fingerprint density at radius 1 is 1.30 bits per heavy atom. The predicted octanol–water partition coefficient (Wildman–Crippen LogP) is -0.487. The molecule has 9 nitrogen and oxygen atoms in total. The number of carbonyl (C=O) groups excluding carboxylic acids is 4. The normalized spacial score (nSPS) is 27.3. The van der Waals surface area contributed by atoms with Gasteiger partial charge in [0.05, 0.1) is 24.4 Å². The summed E-state index contributed by atoms with van der Waals surface area (Å²) in [6.07, 6.45) is 3.91. The topological polar surface area (TPSA) is 108 Å². The van der Waals surface area contributed by atoms with Gasteiger partial charge in [0, 0.05) is 27.2 Å². The third-order valence-electron chi connectivity index (χ3n) is 5.13. The molecule has 1 N–H and O–H groups in total. The Kier molecular flexibility index (Phi) is 6.48. The molecule has 1 saturated heterocycles. The van der Waals surface area contributed by atoms with E-state index < -0.39 is 17.4 Å². The minimum Gasteiger partial charge on any atom is -0.373 e. The number of ether oxygens (including phenoxy) is 1. The van der Waals surface area contributed by atoms with Crippen LogP contribution < -0.4 is 5.32 Å². The summed E-state index contributed by atoms with van der Waals surface area (Å²) in [7, 11) is 4.54. The van der Waals surface area contributed by atoms with Crippen LogP contribution in [0.25, 0.3) is 0 Å². The van der Waals surface area contributed by atoms with Gasteiger partial charge >= 0.3 is 11.8 Å². The van der Waals surface area contributed by atoms with E-state index in [9.17, 15) is 19.2 Å². The van der Waals surface area contributed by atoms with Crippen LogP contribution in [0.3, 0.4) is 0 Å². The van der Waals surface area contributed by atoms with Gasteiger partial charge in [0.2, 0.25) is 0 Å². The molecule has 0 aliphatic carbocycles. The molecule has 27 heavy (non-hydrogen) atoms. The van der Waals surface area contributed by atoms with Gasteiger partial charge in [-0.15, -0.1) is 0 Å². The first-order valence-electron chi connectivity index (χ1n) is 8.87. The van der Waals surface area contributed by atoms with E-state index in [1.54, 1.807) is 0 Å². The summed E-state index contributed by atoms with van der Waals surface area (Å²) < 4.78 is 5.97. The van der Waals surface area contributed by atoms with Crippen LogP contribution >= 0.6 is 0 Å². The van der Waals surface area contributed by atoms with Gasteiger partial charge in [0.25, 0.3) is 0 Å². The second-order valence-corrected chi connectivity index (χ2v) is 6.94. The van der Waals surface area contributed by atoms with E-state index in [2.05, 4.69) is 5.32 Å². The van der Waals surface area contributed by atoms with Crippen LogP contribution in [0.5, 0.6) is 0 Å². The van der Waals surface area contributed by atoms with Gasteiger partial charge in [-0.1, -0.05) is 6.92 Å². The van der Waals surface area contributed by atoms with E-state index in [1.165, 1.54) is 30.9 Å². The summed E-state index contributed by atoms with van der Waals surface area (Å²) in [6, 6.07) is -0.144. The van der Waals surface area contributed by atoms with E-state index in [4.69, 9.17) is 9.73 Å². The zero-order valence-electron chi connectivity index (χ0n) is 16.1. The molecule has 0 saturated carbocycles. The molecule has 0 aromatic heterocycles. The quantitative estimate of drug-likeness (QED) is 0.393. The second kappa shape index (κ2) is 8.43. The molecular weight excluding hydrogens is 352 g/mol. The molecule has 0 aromatic rings. The maximum absolute atomic E-state index is 12.7. The van der Waals surface area contributed by atoms with E-state index >= 15 is 0 Å². The molecule has 0 spiro atoms. The zero-order chi connectivity index (χ0) is 20.2. The summed E-state index contributed by atoms with van der Waals surface area (Å²) in [6.45, 7) is 2.13. The van der Waals surface area contributed by atoms with Crippen molar-refractivity contribution in [3.8, 4) is 0 Å². The fraction of sp³-hybridized carbons (Fsp3) is 0.611. The van der Waals surface area contributed by atoms with Gasteiger partial charge in [-0.2, -0.15) is 0 Å². The highest BCUT2D eigenvalue weighted by molar-refractivity contribution is 6.35. The first-order chi connectivity index (χ1) is 12.8. The summed E-state index contributed by atoms with van der Waals surface area (Å²) in [4.78, 5) is 54.3. The van der Waals surface area contributed by atoms with Crippen LogP contribution in [-0.4, -0.2) is 85.5 Å². The molecule has 2 bridgehead atoms. The van der Waals surface area contributed by atoms with Crippen LogP contribution in [-0.2, 0) is 23.9 Å². The molecule has 3 aliphatic rings. The average molecular weight is 378 g/mol.